The van der Waals surface area contributed by atoms with Gasteiger partial charge in [-0.05, 0) is 42.9 Å². The number of pyridine rings is 1. The molecule has 0 unspecified atom stereocenters. The number of amides is 1. The molecule has 3 heterocycles. The number of hydrogen-bond donors (Lipinski definition) is 1. The summed E-state index contributed by atoms with van der Waals surface area (Å²) in [5.41, 5.74) is 5.52. The van der Waals surface area contributed by atoms with Gasteiger partial charge < -0.3 is 14.8 Å². The third-order valence-electron chi connectivity index (χ3n) is 8.23. The number of aryl methyl sites for hydroxylation is 1. The van der Waals surface area contributed by atoms with Crippen LogP contribution in [0, 0.1) is 0 Å². The van der Waals surface area contributed by atoms with E-state index in [0.29, 0.717) is 34.5 Å². The highest BCUT2D eigenvalue weighted by Crippen LogP contribution is 2.37. The maximum absolute atomic E-state index is 13.7. The first-order chi connectivity index (χ1) is 21.0. The Morgan fingerprint density at radius 1 is 0.884 bits per heavy atom. The van der Waals surface area contributed by atoms with Crippen LogP contribution in [0.4, 0.5) is 5.00 Å². The molecule has 0 fully saturated rings. The topological polar surface area (TPSA) is 97.8 Å². The van der Waals surface area contributed by atoms with Crippen molar-refractivity contribution in [3.8, 4) is 0 Å². The fraction of sp³-hybridized carbons (Fsp3) is 0.353. The molecule has 1 aliphatic heterocycles. The standard InChI is InChI=1S/C34H35N3O5S/c1-41-33(39)31-24-14-7-2-3-8-16-28(24)43-32(31)36-29(38)21-42-34(40)30-23-13-9-10-15-26(23)35-27-17-18-37(20-25(27)30)19-22-11-5-4-6-12-22/h4-6,9-13,15H,2-3,7-8,14,16-21H2,1H3,(H,36,38). The molecule has 0 atom stereocenters. The van der Waals surface area contributed by atoms with Gasteiger partial charge in [0.15, 0.2) is 6.61 Å². The van der Waals surface area contributed by atoms with E-state index < -0.39 is 24.5 Å². The predicted molar refractivity (Wildman–Crippen MR) is 166 cm³/mol. The van der Waals surface area contributed by atoms with Crippen LogP contribution < -0.4 is 5.32 Å². The van der Waals surface area contributed by atoms with E-state index in [-0.39, 0.29) is 0 Å². The van der Waals surface area contributed by atoms with E-state index in [1.54, 1.807) is 0 Å². The SMILES string of the molecule is COC(=O)c1c(NC(=O)COC(=O)c2c3c(nc4ccccc24)CCN(Cc2ccccc2)C3)sc2c1CCCCCC2. The van der Waals surface area contributed by atoms with Crippen molar-refractivity contribution < 1.29 is 23.9 Å². The van der Waals surface area contributed by atoms with Gasteiger partial charge in [-0.3, -0.25) is 14.7 Å². The first-order valence-electron chi connectivity index (χ1n) is 14.9. The lowest BCUT2D eigenvalue weighted by Gasteiger charge is -2.30. The number of benzene rings is 2. The Labute approximate surface area is 255 Å². The molecular weight excluding hydrogens is 562 g/mol. The summed E-state index contributed by atoms with van der Waals surface area (Å²) < 4.78 is 10.7. The lowest BCUT2D eigenvalue weighted by atomic mass is 9.95. The molecule has 8 nitrogen and oxygen atoms in total. The van der Waals surface area contributed by atoms with Gasteiger partial charge in [-0.1, -0.05) is 61.4 Å². The number of fused-ring (bicyclic) bond motifs is 3. The first-order valence-corrected chi connectivity index (χ1v) is 15.7. The van der Waals surface area contributed by atoms with E-state index in [1.165, 1.54) is 24.0 Å². The number of carbonyl (C=O) groups excluding carboxylic acids is 3. The van der Waals surface area contributed by atoms with Crippen molar-refractivity contribution >= 4 is 45.1 Å². The molecule has 6 rings (SSSR count). The molecule has 222 valence electrons. The van der Waals surface area contributed by atoms with E-state index in [4.69, 9.17) is 14.5 Å². The van der Waals surface area contributed by atoms with Crippen LogP contribution in [0.15, 0.2) is 54.6 Å². The zero-order chi connectivity index (χ0) is 29.8. The van der Waals surface area contributed by atoms with Crippen molar-refractivity contribution in [1.29, 1.82) is 0 Å². The van der Waals surface area contributed by atoms with Crippen molar-refractivity contribution in [3.63, 3.8) is 0 Å². The van der Waals surface area contributed by atoms with Crippen molar-refractivity contribution in [2.24, 2.45) is 0 Å². The normalized spacial score (nSPS) is 15.1. The van der Waals surface area contributed by atoms with Crippen molar-refractivity contribution in [3.05, 3.63) is 93.0 Å². The number of methoxy groups -OCH3 is 1. The summed E-state index contributed by atoms with van der Waals surface area (Å²) in [7, 11) is 1.35. The number of nitrogens with one attached hydrogen (secondary N) is 1. The van der Waals surface area contributed by atoms with Crippen molar-refractivity contribution in [1.82, 2.24) is 9.88 Å². The van der Waals surface area contributed by atoms with Crippen molar-refractivity contribution in [2.45, 2.75) is 58.0 Å². The average molecular weight is 598 g/mol. The molecule has 43 heavy (non-hydrogen) atoms. The van der Waals surface area contributed by atoms with Crippen LogP contribution in [-0.4, -0.2) is 48.0 Å². The van der Waals surface area contributed by atoms with E-state index in [9.17, 15) is 14.4 Å². The average Bonchev–Trinajstić information content (AvgIpc) is 3.34. The number of thiophene rings is 1. The number of ether oxygens (including phenoxy) is 2. The molecule has 1 N–H and O–H groups in total. The third-order valence-corrected chi connectivity index (χ3v) is 9.43. The Bertz CT molecular complexity index is 1670. The Morgan fingerprint density at radius 3 is 2.47 bits per heavy atom. The summed E-state index contributed by atoms with van der Waals surface area (Å²) >= 11 is 1.42. The highest BCUT2D eigenvalue weighted by atomic mass is 32.1. The first kappa shape index (κ1) is 29.0. The van der Waals surface area contributed by atoms with E-state index in [2.05, 4.69) is 22.3 Å². The zero-order valence-corrected chi connectivity index (χ0v) is 25.1. The monoisotopic (exact) mass is 597 g/mol. The molecule has 1 aliphatic carbocycles. The van der Waals surface area contributed by atoms with Crippen LogP contribution in [0.25, 0.3) is 10.9 Å². The second kappa shape index (κ2) is 13.1. The molecule has 0 bridgehead atoms. The fourth-order valence-corrected chi connectivity index (χ4v) is 7.44. The van der Waals surface area contributed by atoms with Gasteiger partial charge in [0.2, 0.25) is 0 Å². The molecule has 2 aliphatic rings. The molecule has 2 aromatic carbocycles. The second-order valence-corrected chi connectivity index (χ2v) is 12.2. The molecule has 0 saturated heterocycles. The third kappa shape index (κ3) is 6.33. The zero-order valence-electron chi connectivity index (χ0n) is 24.3. The molecule has 4 aromatic rings. The number of carbonyl (C=O) groups is 3. The highest BCUT2D eigenvalue weighted by Gasteiger charge is 2.29. The van der Waals surface area contributed by atoms with Gasteiger partial charge in [-0.2, -0.15) is 0 Å². The maximum atomic E-state index is 13.7. The maximum Gasteiger partial charge on any atom is 0.341 e. The number of nitrogens with zero attached hydrogens (tertiary/aromatic N) is 2. The summed E-state index contributed by atoms with van der Waals surface area (Å²) in [4.78, 5) is 47.8. The molecule has 0 spiro atoms. The van der Waals surface area contributed by atoms with E-state index in [0.717, 1.165) is 78.8 Å². The summed E-state index contributed by atoms with van der Waals surface area (Å²) in [6, 6.07) is 17.8. The van der Waals surface area contributed by atoms with Gasteiger partial charge in [0.05, 0.1) is 23.8 Å². The minimum Gasteiger partial charge on any atom is -0.465 e. The number of esters is 2. The minimum absolute atomic E-state index is 0.428. The highest BCUT2D eigenvalue weighted by molar-refractivity contribution is 7.17. The fourth-order valence-electron chi connectivity index (χ4n) is 6.15. The van der Waals surface area contributed by atoms with Crippen LogP contribution in [0.2, 0.25) is 0 Å². The van der Waals surface area contributed by atoms with E-state index in [1.807, 2.05) is 42.5 Å². The van der Waals surface area contributed by atoms with Crippen LogP contribution in [0.1, 0.15) is 73.7 Å². The van der Waals surface area contributed by atoms with Gasteiger partial charge in [0.1, 0.15) is 5.00 Å². The van der Waals surface area contributed by atoms with Crippen LogP contribution in [0.3, 0.4) is 0 Å². The number of para-hydroxylation sites is 1. The van der Waals surface area contributed by atoms with Gasteiger partial charge in [-0.25, -0.2) is 9.59 Å². The Kier molecular flexibility index (Phi) is 8.81. The van der Waals surface area contributed by atoms with Crippen molar-refractivity contribution in [2.75, 3.05) is 25.6 Å². The summed E-state index contributed by atoms with van der Waals surface area (Å²) in [5.74, 6) is -1.51. The van der Waals surface area contributed by atoms with E-state index >= 15 is 0 Å². The second-order valence-electron chi connectivity index (χ2n) is 11.1. The van der Waals surface area contributed by atoms with Gasteiger partial charge >= 0.3 is 11.9 Å². The summed E-state index contributed by atoms with van der Waals surface area (Å²) in [6.45, 7) is 1.68. The number of rotatable bonds is 7. The molecule has 0 radical (unpaired) electrons. The Morgan fingerprint density at radius 2 is 1.65 bits per heavy atom. The number of anilines is 1. The molecule has 2 aromatic heterocycles. The predicted octanol–water partition coefficient (Wildman–Crippen LogP) is 6.10. The van der Waals surface area contributed by atoms with Gasteiger partial charge in [0, 0.05) is 47.6 Å². The van der Waals surface area contributed by atoms with Crippen LogP contribution in [0.5, 0.6) is 0 Å². The number of hydrogen-bond acceptors (Lipinski definition) is 8. The smallest absolute Gasteiger partial charge is 0.341 e. The Balaban J connectivity index is 1.22. The van der Waals surface area contributed by atoms with Crippen LogP contribution >= 0.6 is 11.3 Å². The molecule has 0 saturated carbocycles. The largest absolute Gasteiger partial charge is 0.465 e. The quantitative estimate of drug-likeness (QED) is 0.257. The lowest BCUT2D eigenvalue weighted by Crippen LogP contribution is -2.32. The number of aromatic nitrogens is 1. The van der Waals surface area contributed by atoms with Gasteiger partial charge in [-0.15, -0.1) is 11.3 Å². The molecule has 9 heteroatoms. The summed E-state index contributed by atoms with van der Waals surface area (Å²) in [5, 5.41) is 4.01. The molecule has 1 amide bonds. The summed E-state index contributed by atoms with van der Waals surface area (Å²) in [6.07, 6.45) is 6.68. The van der Waals surface area contributed by atoms with Crippen LogP contribution in [-0.2, 0) is 46.6 Å². The Hall–Kier alpha value is -4.08. The molecular formula is C34H35N3O5S. The van der Waals surface area contributed by atoms with Gasteiger partial charge in [0.25, 0.3) is 5.91 Å². The lowest BCUT2D eigenvalue weighted by molar-refractivity contribution is -0.119. The minimum atomic E-state index is -0.557.